The van der Waals surface area contributed by atoms with Crippen molar-refractivity contribution in [3.8, 4) is 0 Å². The molecule has 0 radical (unpaired) electrons. The first-order valence-corrected chi connectivity index (χ1v) is 9.96. The highest BCUT2D eigenvalue weighted by molar-refractivity contribution is 7.94. The van der Waals surface area contributed by atoms with E-state index in [-0.39, 0.29) is 24.0 Å². The predicted molar refractivity (Wildman–Crippen MR) is 99.8 cm³/mol. The highest BCUT2D eigenvalue weighted by Gasteiger charge is 2.26. The molecule has 5 heteroatoms. The topological polar surface area (TPSA) is 54.5 Å². The lowest BCUT2D eigenvalue weighted by molar-refractivity contribution is -0.119. The molecule has 0 saturated heterocycles. The molecule has 1 amide bonds. The summed E-state index contributed by atoms with van der Waals surface area (Å²) in [7, 11) is -3.15. The first kappa shape index (κ1) is 17.4. The van der Waals surface area contributed by atoms with E-state index in [2.05, 4.69) is 0 Å². The zero-order valence-electron chi connectivity index (χ0n) is 14.1. The van der Waals surface area contributed by atoms with E-state index < -0.39 is 9.84 Å². The van der Waals surface area contributed by atoms with Gasteiger partial charge in [0.2, 0.25) is 5.91 Å². The van der Waals surface area contributed by atoms with Crippen LogP contribution in [-0.4, -0.2) is 20.1 Å². The quantitative estimate of drug-likeness (QED) is 0.825. The Hall–Kier alpha value is -2.40. The summed E-state index contributed by atoms with van der Waals surface area (Å²) in [6.45, 7) is 2.47. The molecular formula is C20H21NO3S. The second-order valence-corrected chi connectivity index (χ2v) is 8.35. The van der Waals surface area contributed by atoms with E-state index in [0.717, 1.165) is 16.8 Å². The summed E-state index contributed by atoms with van der Waals surface area (Å²) in [6, 6.07) is 17.6. The van der Waals surface area contributed by atoms with Crippen molar-refractivity contribution < 1.29 is 13.2 Å². The monoisotopic (exact) mass is 355 g/mol. The van der Waals surface area contributed by atoms with Gasteiger partial charge in [0.15, 0.2) is 9.84 Å². The molecule has 0 aromatic heterocycles. The van der Waals surface area contributed by atoms with Crippen molar-refractivity contribution >= 4 is 21.4 Å². The highest BCUT2D eigenvalue weighted by Crippen LogP contribution is 2.24. The zero-order valence-corrected chi connectivity index (χ0v) is 14.9. The molecule has 0 aliphatic carbocycles. The lowest BCUT2D eigenvalue weighted by Crippen LogP contribution is -2.32. The minimum absolute atomic E-state index is 0.0197. The van der Waals surface area contributed by atoms with Gasteiger partial charge in [-0.05, 0) is 24.6 Å². The van der Waals surface area contributed by atoms with Crippen LogP contribution in [0, 0.1) is 12.8 Å². The third kappa shape index (κ3) is 4.57. The number of allylic oxidation sites excluding steroid dienone is 1. The lowest BCUT2D eigenvalue weighted by atomic mass is 10.1. The van der Waals surface area contributed by atoms with Crippen molar-refractivity contribution in [2.45, 2.75) is 19.9 Å². The SMILES string of the molecule is Cc1ccc(N(Cc2ccccc2)C(=O)CC2C=CS(=O)(=O)C2)cc1. The second kappa shape index (κ2) is 7.23. The van der Waals surface area contributed by atoms with E-state index in [4.69, 9.17) is 0 Å². The van der Waals surface area contributed by atoms with E-state index in [1.165, 1.54) is 5.41 Å². The molecule has 0 bridgehead atoms. The van der Waals surface area contributed by atoms with Gasteiger partial charge in [0.05, 0.1) is 12.3 Å². The summed E-state index contributed by atoms with van der Waals surface area (Å²) in [5.74, 6) is -0.299. The Kier molecular flexibility index (Phi) is 5.04. The molecule has 1 heterocycles. The van der Waals surface area contributed by atoms with Crippen LogP contribution in [0.5, 0.6) is 0 Å². The molecule has 1 aliphatic heterocycles. The summed E-state index contributed by atoms with van der Waals surface area (Å²) >= 11 is 0. The fourth-order valence-electron chi connectivity index (χ4n) is 2.92. The summed E-state index contributed by atoms with van der Waals surface area (Å²) in [6.07, 6.45) is 1.82. The Labute approximate surface area is 148 Å². The molecule has 0 fully saturated rings. The molecule has 4 nitrogen and oxygen atoms in total. The van der Waals surface area contributed by atoms with Crippen LogP contribution in [0.4, 0.5) is 5.69 Å². The van der Waals surface area contributed by atoms with Crippen LogP contribution < -0.4 is 4.90 Å². The Bertz CT molecular complexity index is 871. The normalized spacial score (nSPS) is 18.2. The van der Waals surface area contributed by atoms with Crippen LogP contribution in [0.1, 0.15) is 17.5 Å². The highest BCUT2D eigenvalue weighted by atomic mass is 32.2. The molecule has 0 spiro atoms. The number of sulfone groups is 1. The number of hydrogen-bond donors (Lipinski definition) is 0. The largest absolute Gasteiger partial charge is 0.308 e. The number of carbonyl (C=O) groups excluding carboxylic acids is 1. The predicted octanol–water partition coefficient (Wildman–Crippen LogP) is 3.48. The van der Waals surface area contributed by atoms with Gasteiger partial charge < -0.3 is 4.90 Å². The number of anilines is 1. The van der Waals surface area contributed by atoms with E-state index in [0.29, 0.717) is 6.54 Å². The maximum Gasteiger partial charge on any atom is 0.227 e. The van der Waals surface area contributed by atoms with E-state index >= 15 is 0 Å². The fourth-order valence-corrected chi connectivity index (χ4v) is 4.31. The van der Waals surface area contributed by atoms with Gasteiger partial charge in [-0.3, -0.25) is 4.79 Å². The fraction of sp³-hybridized carbons (Fsp3) is 0.250. The van der Waals surface area contributed by atoms with Gasteiger partial charge in [-0.2, -0.15) is 0 Å². The van der Waals surface area contributed by atoms with Crippen molar-refractivity contribution in [2.75, 3.05) is 10.7 Å². The first-order valence-electron chi connectivity index (χ1n) is 8.25. The Morgan fingerprint density at radius 2 is 1.76 bits per heavy atom. The van der Waals surface area contributed by atoms with Crippen molar-refractivity contribution in [2.24, 2.45) is 5.92 Å². The number of nitrogens with zero attached hydrogens (tertiary/aromatic N) is 1. The van der Waals surface area contributed by atoms with Gasteiger partial charge in [0.1, 0.15) is 0 Å². The average molecular weight is 355 g/mol. The number of hydrogen-bond acceptors (Lipinski definition) is 3. The molecule has 0 saturated carbocycles. The molecule has 1 aliphatic rings. The third-order valence-corrected chi connectivity index (χ3v) is 5.74. The van der Waals surface area contributed by atoms with Crippen LogP contribution in [0.3, 0.4) is 0 Å². The lowest BCUT2D eigenvalue weighted by Gasteiger charge is -2.24. The van der Waals surface area contributed by atoms with Crippen molar-refractivity contribution in [1.82, 2.24) is 0 Å². The minimum atomic E-state index is -3.15. The van der Waals surface area contributed by atoms with Crippen LogP contribution in [0.25, 0.3) is 0 Å². The van der Waals surface area contributed by atoms with Crippen molar-refractivity contribution in [1.29, 1.82) is 0 Å². The van der Waals surface area contributed by atoms with Gasteiger partial charge in [0, 0.05) is 23.4 Å². The standard InChI is InChI=1S/C20H21NO3S/c1-16-7-9-19(10-8-16)21(14-17-5-3-2-4-6-17)20(22)13-18-11-12-25(23,24)15-18/h2-12,18H,13-15H2,1H3. The maximum atomic E-state index is 12.9. The summed E-state index contributed by atoms with van der Waals surface area (Å²) < 4.78 is 23.2. The zero-order chi connectivity index (χ0) is 17.9. The summed E-state index contributed by atoms with van der Waals surface area (Å²) in [5.41, 5.74) is 2.98. The number of benzene rings is 2. The number of rotatable bonds is 5. The van der Waals surface area contributed by atoms with E-state index in [9.17, 15) is 13.2 Å². The Morgan fingerprint density at radius 1 is 1.08 bits per heavy atom. The molecule has 25 heavy (non-hydrogen) atoms. The Morgan fingerprint density at radius 3 is 2.36 bits per heavy atom. The van der Waals surface area contributed by atoms with Crippen LogP contribution in [-0.2, 0) is 21.2 Å². The minimum Gasteiger partial charge on any atom is -0.308 e. The van der Waals surface area contributed by atoms with Gasteiger partial charge in [-0.1, -0.05) is 54.1 Å². The van der Waals surface area contributed by atoms with Gasteiger partial charge in [-0.25, -0.2) is 8.42 Å². The van der Waals surface area contributed by atoms with Crippen LogP contribution in [0.15, 0.2) is 66.1 Å². The molecule has 0 N–H and O–H groups in total. The molecule has 1 unspecified atom stereocenters. The van der Waals surface area contributed by atoms with Crippen molar-refractivity contribution in [3.05, 3.63) is 77.2 Å². The maximum absolute atomic E-state index is 12.9. The third-order valence-electron chi connectivity index (χ3n) is 4.27. The van der Waals surface area contributed by atoms with Gasteiger partial charge in [-0.15, -0.1) is 0 Å². The number of carbonyl (C=O) groups is 1. The Balaban J connectivity index is 1.81. The molecule has 130 valence electrons. The molecule has 2 aromatic carbocycles. The van der Waals surface area contributed by atoms with Crippen LogP contribution in [0.2, 0.25) is 0 Å². The first-order chi connectivity index (χ1) is 11.9. The molecule has 2 aromatic rings. The molecule has 1 atom stereocenters. The molecular weight excluding hydrogens is 334 g/mol. The summed E-state index contributed by atoms with van der Waals surface area (Å²) in [4.78, 5) is 14.6. The van der Waals surface area contributed by atoms with Gasteiger partial charge in [0.25, 0.3) is 0 Å². The van der Waals surface area contributed by atoms with E-state index in [1.54, 1.807) is 11.0 Å². The number of aryl methyl sites for hydroxylation is 1. The average Bonchev–Trinajstić information content (AvgIpc) is 2.93. The summed E-state index contributed by atoms with van der Waals surface area (Å²) in [5, 5.41) is 1.22. The van der Waals surface area contributed by atoms with Gasteiger partial charge >= 0.3 is 0 Å². The van der Waals surface area contributed by atoms with Crippen LogP contribution >= 0.6 is 0 Å². The number of amides is 1. The van der Waals surface area contributed by atoms with E-state index in [1.807, 2.05) is 61.5 Å². The van der Waals surface area contributed by atoms with Crippen molar-refractivity contribution in [3.63, 3.8) is 0 Å². The second-order valence-electron chi connectivity index (χ2n) is 6.42. The molecule has 3 rings (SSSR count). The smallest absolute Gasteiger partial charge is 0.227 e.